The Bertz CT molecular complexity index is 1140. The second-order valence-corrected chi connectivity index (χ2v) is 6.07. The van der Waals surface area contributed by atoms with E-state index in [0.29, 0.717) is 11.3 Å². The van der Waals surface area contributed by atoms with Gasteiger partial charge in [-0.05, 0) is 35.9 Å². The molecule has 4 nitrogen and oxygen atoms in total. The molecule has 1 aromatic heterocycles. The summed E-state index contributed by atoms with van der Waals surface area (Å²) in [5.74, 6) is 0.379. The van der Waals surface area contributed by atoms with Crippen LogP contribution in [0.1, 0.15) is 0 Å². The minimum Gasteiger partial charge on any atom is -0.497 e. The number of halogens is 1. The Morgan fingerprint density at radius 1 is 0.889 bits per heavy atom. The van der Waals surface area contributed by atoms with E-state index in [4.69, 9.17) is 4.74 Å². The molecule has 0 aliphatic carbocycles. The first-order valence-corrected chi connectivity index (χ1v) is 8.48. The summed E-state index contributed by atoms with van der Waals surface area (Å²) < 4.78 is 21.2. The average Bonchev–Trinajstić information content (AvgIpc) is 3.10. The van der Waals surface area contributed by atoms with Crippen LogP contribution in [0.25, 0.3) is 28.1 Å². The second kappa shape index (κ2) is 6.96. The molecule has 4 rings (SSSR count). The van der Waals surface area contributed by atoms with Crippen molar-refractivity contribution in [2.24, 2.45) is 0 Å². The van der Waals surface area contributed by atoms with Gasteiger partial charge in [-0.25, -0.2) is 4.39 Å². The summed E-state index contributed by atoms with van der Waals surface area (Å²) in [4.78, 5) is 12.1. The monoisotopic (exact) mass is 360 g/mol. The summed E-state index contributed by atoms with van der Waals surface area (Å²) in [6, 6.07) is 23.1. The first-order valence-electron chi connectivity index (χ1n) is 8.48. The summed E-state index contributed by atoms with van der Waals surface area (Å²) >= 11 is 0. The van der Waals surface area contributed by atoms with Crippen LogP contribution >= 0.6 is 0 Å². The van der Waals surface area contributed by atoms with Gasteiger partial charge in [0.2, 0.25) is 0 Å². The molecule has 0 aliphatic rings. The van der Waals surface area contributed by atoms with E-state index >= 15 is 0 Å². The van der Waals surface area contributed by atoms with Gasteiger partial charge in [-0.3, -0.25) is 14.6 Å². The zero-order valence-electron chi connectivity index (χ0n) is 14.6. The highest BCUT2D eigenvalue weighted by Gasteiger charge is 2.15. The van der Waals surface area contributed by atoms with Crippen molar-refractivity contribution in [1.29, 1.82) is 0 Å². The molecule has 0 bridgehead atoms. The van der Waals surface area contributed by atoms with E-state index in [1.807, 2.05) is 48.5 Å². The number of aromatic amines is 1. The number of ether oxygens (including phenoxy) is 1. The predicted molar refractivity (Wildman–Crippen MR) is 104 cm³/mol. The van der Waals surface area contributed by atoms with Crippen molar-refractivity contribution in [3.63, 3.8) is 0 Å². The summed E-state index contributed by atoms with van der Waals surface area (Å²) in [5, 5.41) is 2.79. The lowest BCUT2D eigenvalue weighted by molar-refractivity contribution is 0.415. The summed E-state index contributed by atoms with van der Waals surface area (Å²) in [6.45, 7) is 0. The number of hydrogen-bond donors (Lipinski definition) is 1. The molecule has 5 heteroatoms. The molecular formula is C22H17FN2O2. The van der Waals surface area contributed by atoms with E-state index < -0.39 is 0 Å². The van der Waals surface area contributed by atoms with E-state index in [2.05, 4.69) is 5.10 Å². The van der Waals surface area contributed by atoms with Gasteiger partial charge in [0.15, 0.2) is 0 Å². The Hall–Kier alpha value is -3.60. The minimum atomic E-state index is -0.382. The van der Waals surface area contributed by atoms with Gasteiger partial charge < -0.3 is 4.74 Å². The van der Waals surface area contributed by atoms with Crippen LogP contribution in [-0.4, -0.2) is 16.9 Å². The minimum absolute atomic E-state index is 0.294. The molecule has 134 valence electrons. The predicted octanol–water partition coefficient (Wildman–Crippen LogP) is 4.65. The number of hydrogen-bond acceptors (Lipinski definition) is 2. The SMILES string of the molecule is COc1ccc(-c2ccccc2-n2[nH]c(=O)cc2-c2ccccc2F)cc1. The standard InChI is InChI=1S/C22H17FN2O2/c1-27-16-12-10-15(11-13-16)17-6-3-5-9-20(17)25-21(14-22(26)24-25)18-7-2-4-8-19(18)23/h2-14H,1H3,(H,24,26). The number of para-hydroxylation sites is 1. The number of methoxy groups -OCH3 is 1. The molecule has 0 amide bonds. The quantitative estimate of drug-likeness (QED) is 0.576. The van der Waals surface area contributed by atoms with E-state index in [1.165, 1.54) is 12.1 Å². The van der Waals surface area contributed by atoms with Crippen LogP contribution in [0.15, 0.2) is 83.7 Å². The topological polar surface area (TPSA) is 47.0 Å². The van der Waals surface area contributed by atoms with E-state index in [0.717, 1.165) is 22.6 Å². The Kier molecular flexibility index (Phi) is 4.34. The number of nitrogens with zero attached hydrogens (tertiary/aromatic N) is 1. The van der Waals surface area contributed by atoms with Crippen molar-refractivity contribution < 1.29 is 9.13 Å². The Morgan fingerprint density at radius 2 is 1.56 bits per heavy atom. The number of nitrogens with one attached hydrogen (secondary N) is 1. The average molecular weight is 360 g/mol. The molecule has 0 aliphatic heterocycles. The van der Waals surface area contributed by atoms with Crippen molar-refractivity contribution >= 4 is 0 Å². The molecule has 0 unspecified atom stereocenters. The first-order chi connectivity index (χ1) is 13.2. The maximum Gasteiger partial charge on any atom is 0.265 e. The van der Waals surface area contributed by atoms with Crippen molar-refractivity contribution in [3.05, 3.63) is 95.0 Å². The van der Waals surface area contributed by atoms with Gasteiger partial charge in [0.25, 0.3) is 5.56 Å². The fourth-order valence-electron chi connectivity index (χ4n) is 3.13. The van der Waals surface area contributed by atoms with Gasteiger partial charge in [0.1, 0.15) is 11.6 Å². The van der Waals surface area contributed by atoms with Gasteiger partial charge in [-0.2, -0.15) is 0 Å². The van der Waals surface area contributed by atoms with Crippen molar-refractivity contribution in [3.8, 4) is 33.8 Å². The maximum absolute atomic E-state index is 14.3. The number of rotatable bonds is 4. The summed E-state index contributed by atoms with van der Waals surface area (Å²) in [6.07, 6.45) is 0. The highest BCUT2D eigenvalue weighted by molar-refractivity contribution is 5.75. The largest absolute Gasteiger partial charge is 0.497 e. The highest BCUT2D eigenvalue weighted by Crippen LogP contribution is 2.31. The molecule has 0 saturated carbocycles. The van der Waals surface area contributed by atoms with E-state index in [9.17, 15) is 9.18 Å². The zero-order chi connectivity index (χ0) is 18.8. The van der Waals surface area contributed by atoms with Crippen LogP contribution in [0.5, 0.6) is 5.75 Å². The van der Waals surface area contributed by atoms with Crippen molar-refractivity contribution in [2.75, 3.05) is 7.11 Å². The third-order valence-corrected chi connectivity index (χ3v) is 4.43. The Balaban J connectivity index is 1.91. The molecule has 0 spiro atoms. The van der Waals surface area contributed by atoms with Gasteiger partial charge in [-0.15, -0.1) is 0 Å². The van der Waals surface area contributed by atoms with E-state index in [1.54, 1.807) is 30.0 Å². The summed E-state index contributed by atoms with van der Waals surface area (Å²) in [7, 11) is 1.62. The normalized spacial score (nSPS) is 10.7. The van der Waals surface area contributed by atoms with Crippen LogP contribution in [-0.2, 0) is 0 Å². The van der Waals surface area contributed by atoms with E-state index in [-0.39, 0.29) is 11.4 Å². The Morgan fingerprint density at radius 3 is 2.26 bits per heavy atom. The fourth-order valence-corrected chi connectivity index (χ4v) is 3.13. The van der Waals surface area contributed by atoms with Gasteiger partial charge >= 0.3 is 0 Å². The van der Waals surface area contributed by atoms with Crippen LogP contribution < -0.4 is 10.3 Å². The molecule has 27 heavy (non-hydrogen) atoms. The molecule has 3 aromatic carbocycles. The third kappa shape index (κ3) is 3.15. The summed E-state index contributed by atoms with van der Waals surface area (Å²) in [5.41, 5.74) is 3.16. The first kappa shape index (κ1) is 16.8. The van der Waals surface area contributed by atoms with Crippen LogP contribution in [0.2, 0.25) is 0 Å². The molecule has 0 fully saturated rings. The highest BCUT2D eigenvalue weighted by atomic mass is 19.1. The maximum atomic E-state index is 14.3. The number of H-pyrrole nitrogens is 1. The van der Waals surface area contributed by atoms with Crippen LogP contribution in [0.4, 0.5) is 4.39 Å². The lowest BCUT2D eigenvalue weighted by Gasteiger charge is -2.14. The third-order valence-electron chi connectivity index (χ3n) is 4.43. The molecular weight excluding hydrogens is 343 g/mol. The number of aromatic nitrogens is 2. The molecule has 0 radical (unpaired) electrons. The van der Waals surface area contributed by atoms with Crippen LogP contribution in [0, 0.1) is 5.82 Å². The molecule has 1 N–H and O–H groups in total. The molecule has 4 aromatic rings. The molecule has 0 atom stereocenters. The zero-order valence-corrected chi connectivity index (χ0v) is 14.6. The van der Waals surface area contributed by atoms with Crippen LogP contribution in [0.3, 0.4) is 0 Å². The molecule has 0 saturated heterocycles. The lowest BCUT2D eigenvalue weighted by atomic mass is 10.0. The second-order valence-electron chi connectivity index (χ2n) is 6.07. The van der Waals surface area contributed by atoms with Crippen molar-refractivity contribution in [2.45, 2.75) is 0 Å². The van der Waals surface area contributed by atoms with Gasteiger partial charge in [0, 0.05) is 17.2 Å². The number of benzene rings is 3. The molecule has 1 heterocycles. The fraction of sp³-hybridized carbons (Fsp3) is 0.0455. The van der Waals surface area contributed by atoms with Crippen molar-refractivity contribution in [1.82, 2.24) is 9.78 Å². The smallest absolute Gasteiger partial charge is 0.265 e. The van der Waals surface area contributed by atoms with Gasteiger partial charge in [0.05, 0.1) is 18.5 Å². The lowest BCUT2D eigenvalue weighted by Crippen LogP contribution is -2.06. The Labute approximate surface area is 155 Å². The van der Waals surface area contributed by atoms with Gasteiger partial charge in [-0.1, -0.05) is 42.5 Å².